The van der Waals surface area contributed by atoms with Crippen molar-refractivity contribution in [1.29, 1.82) is 0 Å². The molecule has 0 saturated heterocycles. The molecule has 0 aromatic carbocycles. The Morgan fingerprint density at radius 3 is 3.06 bits per heavy atom. The van der Waals surface area contributed by atoms with Crippen molar-refractivity contribution in [2.45, 2.75) is 26.4 Å². The van der Waals surface area contributed by atoms with Crippen molar-refractivity contribution in [2.75, 3.05) is 5.32 Å². The highest BCUT2D eigenvalue weighted by atomic mass is 79.9. The third-order valence-electron chi connectivity index (χ3n) is 2.57. The lowest BCUT2D eigenvalue weighted by atomic mass is 10.3. The highest BCUT2D eigenvalue weighted by molar-refractivity contribution is 9.10. The molecule has 4 heteroatoms. The summed E-state index contributed by atoms with van der Waals surface area (Å²) in [5, 5.41) is 3.37. The molecule has 0 atom stereocenters. The molecule has 0 aliphatic rings. The molecule has 0 amide bonds. The lowest BCUT2D eigenvalue weighted by Gasteiger charge is -2.10. The Labute approximate surface area is 110 Å². The molecule has 0 fully saturated rings. The average molecular weight is 294 g/mol. The first-order valence-electron chi connectivity index (χ1n) is 5.78. The number of halogens is 1. The van der Waals surface area contributed by atoms with Crippen molar-refractivity contribution >= 4 is 21.6 Å². The molecule has 0 unspecified atom stereocenters. The van der Waals surface area contributed by atoms with E-state index >= 15 is 0 Å². The predicted molar refractivity (Wildman–Crippen MR) is 74.0 cm³/mol. The largest absolute Gasteiger partial charge is 0.378 e. The smallest absolute Gasteiger partial charge is 0.0553 e. The molecule has 2 rings (SSSR count). The number of rotatable bonds is 5. The van der Waals surface area contributed by atoms with Gasteiger partial charge in [0.15, 0.2) is 0 Å². The van der Waals surface area contributed by atoms with Gasteiger partial charge in [-0.2, -0.15) is 0 Å². The Morgan fingerprint density at radius 2 is 2.29 bits per heavy atom. The van der Waals surface area contributed by atoms with Crippen LogP contribution in [0.2, 0.25) is 0 Å². The zero-order valence-corrected chi connectivity index (χ0v) is 11.4. The molecule has 3 nitrogen and oxygen atoms in total. The second-order valence-corrected chi connectivity index (χ2v) is 4.85. The number of pyridine rings is 1. The van der Waals surface area contributed by atoms with Crippen LogP contribution in [0.1, 0.15) is 19.0 Å². The van der Waals surface area contributed by atoms with Gasteiger partial charge in [-0.15, -0.1) is 0 Å². The van der Waals surface area contributed by atoms with Crippen molar-refractivity contribution in [2.24, 2.45) is 0 Å². The number of aryl methyl sites for hydroxylation is 1. The van der Waals surface area contributed by atoms with E-state index in [1.807, 2.05) is 12.3 Å². The molecule has 0 saturated carbocycles. The third kappa shape index (κ3) is 3.33. The van der Waals surface area contributed by atoms with Crippen LogP contribution in [0.5, 0.6) is 0 Å². The Balaban J connectivity index is 1.99. The molecule has 0 aliphatic carbocycles. The minimum atomic E-state index is 0.825. The summed E-state index contributed by atoms with van der Waals surface area (Å²) >= 11 is 3.41. The zero-order chi connectivity index (χ0) is 12.1. The SMILES string of the molecule is CCCn1cccc1CNc1cncc(Br)c1. The van der Waals surface area contributed by atoms with Gasteiger partial charge in [0.1, 0.15) is 0 Å². The van der Waals surface area contributed by atoms with Crippen molar-refractivity contribution in [3.8, 4) is 0 Å². The maximum atomic E-state index is 4.13. The van der Waals surface area contributed by atoms with Gasteiger partial charge in [-0.3, -0.25) is 4.98 Å². The fraction of sp³-hybridized carbons (Fsp3) is 0.308. The molecule has 0 aliphatic heterocycles. The number of anilines is 1. The number of nitrogens with zero attached hydrogens (tertiary/aromatic N) is 2. The average Bonchev–Trinajstić information content (AvgIpc) is 2.75. The second-order valence-electron chi connectivity index (χ2n) is 3.94. The summed E-state index contributed by atoms with van der Waals surface area (Å²) in [7, 11) is 0. The summed E-state index contributed by atoms with van der Waals surface area (Å²) in [6, 6.07) is 6.26. The first kappa shape index (κ1) is 12.2. The van der Waals surface area contributed by atoms with Gasteiger partial charge in [0, 0.05) is 29.1 Å². The van der Waals surface area contributed by atoms with Gasteiger partial charge in [-0.05, 0) is 40.5 Å². The van der Waals surface area contributed by atoms with E-state index in [2.05, 4.69) is 56.1 Å². The van der Waals surface area contributed by atoms with Gasteiger partial charge in [0.05, 0.1) is 18.4 Å². The Bertz CT molecular complexity index is 479. The quantitative estimate of drug-likeness (QED) is 0.912. The van der Waals surface area contributed by atoms with Crippen LogP contribution in [0.15, 0.2) is 41.3 Å². The van der Waals surface area contributed by atoms with Crippen LogP contribution in [0.3, 0.4) is 0 Å². The molecule has 0 spiro atoms. The van der Waals surface area contributed by atoms with Crippen LogP contribution >= 0.6 is 15.9 Å². The predicted octanol–water partition coefficient (Wildman–Crippen LogP) is 3.67. The first-order valence-corrected chi connectivity index (χ1v) is 6.57. The lowest BCUT2D eigenvalue weighted by Crippen LogP contribution is -2.07. The van der Waals surface area contributed by atoms with Gasteiger partial charge in [0.2, 0.25) is 0 Å². The van der Waals surface area contributed by atoms with Crippen molar-refractivity contribution in [3.63, 3.8) is 0 Å². The topological polar surface area (TPSA) is 29.9 Å². The molecule has 1 N–H and O–H groups in total. The van der Waals surface area contributed by atoms with E-state index in [1.165, 1.54) is 5.69 Å². The summed E-state index contributed by atoms with van der Waals surface area (Å²) < 4.78 is 3.27. The first-order chi connectivity index (χ1) is 8.29. The number of aromatic nitrogens is 2. The maximum Gasteiger partial charge on any atom is 0.0553 e. The normalized spacial score (nSPS) is 10.5. The van der Waals surface area contributed by atoms with E-state index in [1.54, 1.807) is 6.20 Å². The minimum absolute atomic E-state index is 0.825. The maximum absolute atomic E-state index is 4.13. The van der Waals surface area contributed by atoms with Crippen LogP contribution < -0.4 is 5.32 Å². The van der Waals surface area contributed by atoms with Gasteiger partial charge in [-0.1, -0.05) is 6.92 Å². The molecule has 2 aromatic heterocycles. The molecular formula is C13H16BrN3. The third-order valence-corrected chi connectivity index (χ3v) is 3.00. The summed E-state index contributed by atoms with van der Waals surface area (Å²) in [5.74, 6) is 0. The molecule has 2 heterocycles. The van der Waals surface area contributed by atoms with Crippen molar-refractivity contribution < 1.29 is 0 Å². The fourth-order valence-corrected chi connectivity index (χ4v) is 2.13. The summed E-state index contributed by atoms with van der Waals surface area (Å²) in [5.41, 5.74) is 2.33. The summed E-state index contributed by atoms with van der Waals surface area (Å²) in [6.45, 7) is 4.08. The molecule has 90 valence electrons. The van der Waals surface area contributed by atoms with E-state index in [-0.39, 0.29) is 0 Å². The van der Waals surface area contributed by atoms with Crippen LogP contribution in [0.4, 0.5) is 5.69 Å². The van der Waals surface area contributed by atoms with Gasteiger partial charge >= 0.3 is 0 Å². The van der Waals surface area contributed by atoms with E-state index in [0.717, 1.165) is 29.7 Å². The van der Waals surface area contributed by atoms with E-state index < -0.39 is 0 Å². The molecular weight excluding hydrogens is 278 g/mol. The van der Waals surface area contributed by atoms with E-state index in [0.29, 0.717) is 0 Å². The van der Waals surface area contributed by atoms with Crippen LogP contribution in [0, 0.1) is 0 Å². The highest BCUT2D eigenvalue weighted by Crippen LogP contribution is 2.15. The van der Waals surface area contributed by atoms with Crippen molar-refractivity contribution in [1.82, 2.24) is 9.55 Å². The Morgan fingerprint density at radius 1 is 1.41 bits per heavy atom. The zero-order valence-electron chi connectivity index (χ0n) is 9.86. The minimum Gasteiger partial charge on any atom is -0.378 e. The second kappa shape index (κ2) is 5.87. The van der Waals surface area contributed by atoms with Crippen LogP contribution in [-0.2, 0) is 13.1 Å². The van der Waals surface area contributed by atoms with E-state index in [4.69, 9.17) is 0 Å². The Hall–Kier alpha value is -1.29. The van der Waals surface area contributed by atoms with Crippen LogP contribution in [-0.4, -0.2) is 9.55 Å². The number of nitrogens with one attached hydrogen (secondary N) is 1. The fourth-order valence-electron chi connectivity index (χ4n) is 1.77. The molecule has 0 bridgehead atoms. The summed E-state index contributed by atoms with van der Waals surface area (Å²) in [4.78, 5) is 4.13. The Kier molecular flexibility index (Phi) is 4.20. The van der Waals surface area contributed by atoms with E-state index in [9.17, 15) is 0 Å². The highest BCUT2D eigenvalue weighted by Gasteiger charge is 2.00. The van der Waals surface area contributed by atoms with Gasteiger partial charge in [0.25, 0.3) is 0 Å². The van der Waals surface area contributed by atoms with Crippen molar-refractivity contribution in [3.05, 3.63) is 47.0 Å². The lowest BCUT2D eigenvalue weighted by molar-refractivity contribution is 0.654. The molecule has 17 heavy (non-hydrogen) atoms. The molecule has 2 aromatic rings. The number of hydrogen-bond acceptors (Lipinski definition) is 2. The van der Waals surface area contributed by atoms with Crippen LogP contribution in [0.25, 0.3) is 0 Å². The summed E-state index contributed by atoms with van der Waals surface area (Å²) in [6.07, 6.45) is 6.89. The van der Waals surface area contributed by atoms with Gasteiger partial charge in [-0.25, -0.2) is 0 Å². The van der Waals surface area contributed by atoms with Gasteiger partial charge < -0.3 is 9.88 Å². The monoisotopic (exact) mass is 293 g/mol. The standard InChI is InChI=1S/C13H16BrN3/c1-2-5-17-6-3-4-13(17)10-16-12-7-11(14)8-15-9-12/h3-4,6-9,16H,2,5,10H2,1H3. The number of hydrogen-bond donors (Lipinski definition) is 1. The molecule has 0 radical (unpaired) electrons.